The van der Waals surface area contributed by atoms with E-state index in [1.807, 2.05) is 0 Å². The van der Waals surface area contributed by atoms with Gasteiger partial charge in [-0.2, -0.15) is 10.0 Å². The Morgan fingerprint density at radius 1 is 0.385 bits per heavy atom. The fourth-order valence-corrected chi connectivity index (χ4v) is 7.32. The lowest BCUT2D eigenvalue weighted by Gasteiger charge is -2.41. The van der Waals surface area contributed by atoms with Crippen LogP contribution in [0.2, 0.25) is 0 Å². The van der Waals surface area contributed by atoms with Gasteiger partial charge in [0, 0.05) is 5.75 Å². The molecule has 1 heteroatoms. The lowest BCUT2D eigenvalue weighted by atomic mass is 10.2. The zero-order chi connectivity index (χ0) is 17.7. The Bertz CT molecular complexity index is 836. The van der Waals surface area contributed by atoms with Gasteiger partial charge in [-0.3, -0.25) is 0 Å². The summed E-state index contributed by atoms with van der Waals surface area (Å²) in [7, 11) is -1.39. The maximum atomic E-state index is 2.29. The van der Waals surface area contributed by atoms with Gasteiger partial charge >= 0.3 is 0 Å². The van der Waals surface area contributed by atoms with Crippen molar-refractivity contribution in [1.29, 1.82) is 0 Å². The molecule has 0 N–H and O–H groups in total. The zero-order valence-electron chi connectivity index (χ0n) is 14.7. The van der Waals surface area contributed by atoms with E-state index in [1.165, 1.54) is 20.2 Å². The van der Waals surface area contributed by atoms with Crippen molar-refractivity contribution in [2.45, 2.75) is 20.4 Å². The third-order valence-electron chi connectivity index (χ3n) is 4.66. The Kier molecular flexibility index (Phi) is 4.90. The first kappa shape index (κ1) is 16.7. The Balaban J connectivity index is 2.00. The highest BCUT2D eigenvalue weighted by atomic mass is 32.3. The normalized spacial score (nSPS) is 11.8. The van der Waals surface area contributed by atoms with Crippen LogP contribution in [0.5, 0.6) is 0 Å². The Labute approximate surface area is 157 Å². The van der Waals surface area contributed by atoms with E-state index in [-0.39, 0.29) is 0 Å². The summed E-state index contributed by atoms with van der Waals surface area (Å²) in [5.74, 6) is 1.01. The standard InChI is InChI=1S/C25H22S/c1-5-13-22(14-6-1)21-26(23-15-7-2-8-16-23,24-17-9-3-10-18-24)25-19-11-4-12-20-25/h1-20H,21H2. The van der Waals surface area contributed by atoms with Gasteiger partial charge < -0.3 is 0 Å². The van der Waals surface area contributed by atoms with Crippen molar-refractivity contribution in [2.75, 3.05) is 0 Å². The van der Waals surface area contributed by atoms with Crippen LogP contribution in [0.4, 0.5) is 0 Å². The van der Waals surface area contributed by atoms with E-state index in [0.29, 0.717) is 0 Å². The lowest BCUT2D eigenvalue weighted by Crippen LogP contribution is -2.07. The monoisotopic (exact) mass is 354 g/mol. The number of benzene rings is 4. The van der Waals surface area contributed by atoms with E-state index in [1.54, 1.807) is 0 Å². The van der Waals surface area contributed by atoms with Gasteiger partial charge in [-0.15, -0.1) is 0 Å². The average molecular weight is 355 g/mol. The Hall–Kier alpha value is -2.77. The van der Waals surface area contributed by atoms with E-state index < -0.39 is 10.0 Å². The second-order valence-corrected chi connectivity index (χ2v) is 9.49. The topological polar surface area (TPSA) is 0 Å². The molecule has 4 rings (SSSR count). The second kappa shape index (κ2) is 7.63. The molecule has 0 fully saturated rings. The predicted molar refractivity (Wildman–Crippen MR) is 112 cm³/mol. The van der Waals surface area contributed by atoms with E-state index in [4.69, 9.17) is 0 Å². The molecule has 0 atom stereocenters. The SMILES string of the molecule is c1ccc(CS(c2ccccc2)(c2ccccc2)c2ccccc2)cc1. The van der Waals surface area contributed by atoms with Gasteiger partial charge in [0.15, 0.2) is 0 Å². The minimum Gasteiger partial charge on any atom is -0.156 e. The third kappa shape index (κ3) is 3.18. The molecule has 0 bridgehead atoms. The largest absolute Gasteiger partial charge is 0.156 e. The highest BCUT2D eigenvalue weighted by molar-refractivity contribution is 8.33. The second-order valence-electron chi connectivity index (χ2n) is 6.31. The van der Waals surface area contributed by atoms with Crippen LogP contribution >= 0.6 is 10.0 Å². The van der Waals surface area contributed by atoms with E-state index in [9.17, 15) is 0 Å². The van der Waals surface area contributed by atoms with Crippen molar-refractivity contribution in [1.82, 2.24) is 0 Å². The van der Waals surface area contributed by atoms with Gasteiger partial charge in [-0.05, 0) is 56.6 Å². The minimum atomic E-state index is -1.39. The summed E-state index contributed by atoms with van der Waals surface area (Å²) >= 11 is 0. The molecule has 0 heterocycles. The summed E-state index contributed by atoms with van der Waals surface area (Å²) in [5, 5.41) is 0. The van der Waals surface area contributed by atoms with Crippen molar-refractivity contribution in [2.24, 2.45) is 0 Å². The minimum absolute atomic E-state index is 1.01. The van der Waals surface area contributed by atoms with Crippen molar-refractivity contribution >= 4 is 10.0 Å². The highest BCUT2D eigenvalue weighted by Crippen LogP contribution is 2.69. The Morgan fingerprint density at radius 3 is 1.04 bits per heavy atom. The Morgan fingerprint density at radius 2 is 0.692 bits per heavy atom. The van der Waals surface area contributed by atoms with Gasteiger partial charge in [0.1, 0.15) is 0 Å². The molecule has 0 aromatic heterocycles. The molecule has 128 valence electrons. The molecular weight excluding hydrogens is 332 g/mol. The van der Waals surface area contributed by atoms with Gasteiger partial charge in [-0.25, -0.2) is 0 Å². The van der Waals surface area contributed by atoms with E-state index in [0.717, 1.165) is 5.75 Å². The molecular formula is C25H22S. The predicted octanol–water partition coefficient (Wildman–Crippen LogP) is 7.17. The van der Waals surface area contributed by atoms with Crippen molar-refractivity contribution in [3.63, 3.8) is 0 Å². The van der Waals surface area contributed by atoms with Crippen LogP contribution in [-0.4, -0.2) is 0 Å². The molecule has 0 saturated carbocycles. The molecule has 0 nitrogen and oxygen atoms in total. The van der Waals surface area contributed by atoms with Crippen molar-refractivity contribution in [3.05, 3.63) is 127 Å². The fraction of sp³-hybridized carbons (Fsp3) is 0.0400. The quantitative estimate of drug-likeness (QED) is 0.356. The summed E-state index contributed by atoms with van der Waals surface area (Å²) in [4.78, 5) is 4.21. The zero-order valence-corrected chi connectivity index (χ0v) is 15.5. The molecule has 0 aliphatic rings. The van der Waals surface area contributed by atoms with Gasteiger partial charge in [0.2, 0.25) is 0 Å². The first-order valence-corrected chi connectivity index (χ1v) is 10.7. The molecule has 0 radical (unpaired) electrons. The van der Waals surface area contributed by atoms with Crippen LogP contribution in [0, 0.1) is 0 Å². The van der Waals surface area contributed by atoms with Crippen LogP contribution in [-0.2, 0) is 5.75 Å². The maximum absolute atomic E-state index is 2.29. The van der Waals surface area contributed by atoms with E-state index in [2.05, 4.69) is 121 Å². The molecule has 0 spiro atoms. The van der Waals surface area contributed by atoms with Gasteiger partial charge in [0.05, 0.1) is 0 Å². The number of hydrogen-bond donors (Lipinski definition) is 0. The smallest absolute Gasteiger partial charge is 0.0144 e. The highest BCUT2D eigenvalue weighted by Gasteiger charge is 2.30. The fourth-order valence-electron chi connectivity index (χ4n) is 3.44. The van der Waals surface area contributed by atoms with Gasteiger partial charge in [-0.1, -0.05) is 84.9 Å². The van der Waals surface area contributed by atoms with Crippen LogP contribution in [0.1, 0.15) is 5.56 Å². The molecule has 0 saturated heterocycles. The van der Waals surface area contributed by atoms with Gasteiger partial charge in [0.25, 0.3) is 0 Å². The summed E-state index contributed by atoms with van der Waals surface area (Å²) in [6.45, 7) is 0. The summed E-state index contributed by atoms with van der Waals surface area (Å²) in [5.41, 5.74) is 1.37. The lowest BCUT2D eigenvalue weighted by molar-refractivity contribution is 1.23. The first-order valence-electron chi connectivity index (χ1n) is 8.90. The molecule has 0 unspecified atom stereocenters. The maximum Gasteiger partial charge on any atom is 0.0144 e. The molecule has 26 heavy (non-hydrogen) atoms. The average Bonchev–Trinajstić information content (AvgIpc) is 2.75. The van der Waals surface area contributed by atoms with Crippen LogP contribution in [0.3, 0.4) is 0 Å². The molecule has 0 aliphatic heterocycles. The van der Waals surface area contributed by atoms with Crippen LogP contribution in [0.25, 0.3) is 0 Å². The van der Waals surface area contributed by atoms with Crippen molar-refractivity contribution < 1.29 is 0 Å². The summed E-state index contributed by atoms with van der Waals surface area (Å²) < 4.78 is 0. The van der Waals surface area contributed by atoms with Crippen LogP contribution in [0.15, 0.2) is 136 Å². The van der Waals surface area contributed by atoms with E-state index >= 15 is 0 Å². The third-order valence-corrected chi connectivity index (χ3v) is 8.66. The molecule has 0 amide bonds. The first-order chi connectivity index (χ1) is 12.9. The molecule has 4 aromatic carbocycles. The summed E-state index contributed by atoms with van der Waals surface area (Å²) in [6, 6.07) is 43.9. The summed E-state index contributed by atoms with van der Waals surface area (Å²) in [6.07, 6.45) is 0. The van der Waals surface area contributed by atoms with Crippen LogP contribution < -0.4 is 0 Å². The molecule has 0 aliphatic carbocycles. The number of rotatable bonds is 5. The molecule has 4 aromatic rings. The van der Waals surface area contributed by atoms with Crippen molar-refractivity contribution in [3.8, 4) is 0 Å². The number of hydrogen-bond acceptors (Lipinski definition) is 0.